The normalized spacial score (nSPS) is 29.4. The van der Waals surface area contributed by atoms with Crippen molar-refractivity contribution in [3.8, 4) is 0 Å². The molecule has 4 heterocycles. The minimum Gasteiger partial charge on any atom is -0.378 e. The summed E-state index contributed by atoms with van der Waals surface area (Å²) in [5, 5.41) is 7.03. The van der Waals surface area contributed by atoms with Crippen molar-refractivity contribution in [3.05, 3.63) is 23.9 Å². The zero-order chi connectivity index (χ0) is 17.2. The van der Waals surface area contributed by atoms with Gasteiger partial charge in [0, 0.05) is 6.20 Å². The molecule has 0 aliphatic carbocycles. The van der Waals surface area contributed by atoms with Crippen molar-refractivity contribution in [3.63, 3.8) is 0 Å². The Hall–Kier alpha value is -0.840. The molecule has 2 N–H and O–H groups in total. The van der Waals surface area contributed by atoms with E-state index in [0.29, 0.717) is 11.5 Å². The highest BCUT2D eigenvalue weighted by molar-refractivity contribution is 5.31. The minimum absolute atomic E-state index is 0.137. The zero-order valence-electron chi connectivity index (χ0n) is 15.7. The summed E-state index contributed by atoms with van der Waals surface area (Å²) in [7, 11) is 0. The highest BCUT2D eigenvalue weighted by atomic mass is 16.5. The van der Waals surface area contributed by atoms with Crippen LogP contribution in [0.2, 0.25) is 0 Å². The Morgan fingerprint density at radius 1 is 1.08 bits per heavy atom. The number of hydrogen-bond acceptors (Lipinski definition) is 4. The second-order valence-electron chi connectivity index (χ2n) is 8.62. The second kappa shape index (κ2) is 7.19. The molecule has 4 rings (SSSR count). The molecule has 3 fully saturated rings. The van der Waals surface area contributed by atoms with Crippen LogP contribution in [-0.2, 0) is 9.47 Å². The Kier molecular flexibility index (Phi) is 5.38. The van der Waals surface area contributed by atoms with Crippen molar-refractivity contribution in [2.45, 2.75) is 51.6 Å². The van der Waals surface area contributed by atoms with E-state index in [1.807, 2.05) is 0 Å². The highest BCUT2D eigenvalue weighted by Crippen LogP contribution is 2.31. The van der Waals surface area contributed by atoms with E-state index in [-0.39, 0.29) is 5.54 Å². The fourth-order valence-electron chi connectivity index (χ4n) is 3.60. The molecule has 4 nitrogen and oxygen atoms in total. The maximum absolute atomic E-state index is 5.25. The van der Waals surface area contributed by atoms with Crippen molar-refractivity contribution in [2.75, 3.05) is 33.0 Å². The Morgan fingerprint density at radius 2 is 1.79 bits per heavy atom. The maximum Gasteiger partial charge on any atom is 0.102 e. The van der Waals surface area contributed by atoms with Gasteiger partial charge in [0.2, 0.25) is 0 Å². The molecule has 136 valence electrons. The first kappa shape index (κ1) is 18.0. The summed E-state index contributed by atoms with van der Waals surface area (Å²) in [5.41, 5.74) is 1.90. The number of dihydropyridines is 1. The lowest BCUT2D eigenvalue weighted by atomic mass is 9.79. The monoisotopic (exact) mass is 334 g/mol. The smallest absolute Gasteiger partial charge is 0.102 e. The van der Waals surface area contributed by atoms with Crippen LogP contribution in [0.15, 0.2) is 23.9 Å². The largest absolute Gasteiger partial charge is 0.378 e. The lowest BCUT2D eigenvalue weighted by molar-refractivity contribution is -0.0936. The zero-order valence-corrected chi connectivity index (χ0v) is 15.7. The Labute approximate surface area is 147 Å². The number of nitrogens with one attached hydrogen (secondary N) is 2. The highest BCUT2D eigenvalue weighted by Gasteiger charge is 2.41. The molecule has 0 aromatic rings. The van der Waals surface area contributed by atoms with Crippen molar-refractivity contribution in [1.29, 1.82) is 0 Å². The van der Waals surface area contributed by atoms with Crippen LogP contribution in [-0.4, -0.2) is 44.1 Å². The summed E-state index contributed by atoms with van der Waals surface area (Å²) in [6.07, 6.45) is 9.26. The first-order valence-corrected chi connectivity index (χ1v) is 9.51. The van der Waals surface area contributed by atoms with Crippen molar-refractivity contribution < 1.29 is 9.47 Å². The molecule has 1 unspecified atom stereocenters. The van der Waals surface area contributed by atoms with E-state index in [1.54, 1.807) is 0 Å². The third-order valence-electron chi connectivity index (χ3n) is 5.94. The fraction of sp³-hybridized carbons (Fsp3) is 0.800. The summed E-state index contributed by atoms with van der Waals surface area (Å²) in [4.78, 5) is 0. The lowest BCUT2D eigenvalue weighted by Gasteiger charge is -2.47. The van der Waals surface area contributed by atoms with E-state index >= 15 is 0 Å². The third kappa shape index (κ3) is 3.87. The van der Waals surface area contributed by atoms with Crippen molar-refractivity contribution in [1.82, 2.24) is 10.6 Å². The number of rotatable bonds is 2. The molecule has 1 atom stereocenters. The van der Waals surface area contributed by atoms with E-state index in [0.717, 1.165) is 38.3 Å². The van der Waals surface area contributed by atoms with Crippen LogP contribution >= 0.6 is 0 Å². The first-order valence-electron chi connectivity index (χ1n) is 9.51. The molecule has 24 heavy (non-hydrogen) atoms. The standard InChI is InChI=1S/C10H19NO.C10H15NO/c2*1-8(2)9-3-4-10(11-5-9)6-12-7-10/h8-9,11H,3-7H2,1-2H3;3-5,8,11H,6-7H2,1-2H3. The molecular weight excluding hydrogens is 300 g/mol. The van der Waals surface area contributed by atoms with Gasteiger partial charge in [-0.3, -0.25) is 0 Å². The molecule has 0 amide bonds. The minimum atomic E-state index is 0.137. The van der Waals surface area contributed by atoms with Crippen LogP contribution < -0.4 is 10.6 Å². The molecule has 3 saturated heterocycles. The van der Waals surface area contributed by atoms with Crippen LogP contribution in [0.1, 0.15) is 40.5 Å². The average molecular weight is 335 g/mol. The van der Waals surface area contributed by atoms with Crippen molar-refractivity contribution >= 4 is 0 Å². The van der Waals surface area contributed by atoms with Crippen LogP contribution in [0.3, 0.4) is 0 Å². The SMILES string of the molecule is CC(C)C1=CNC2(C=C1)COC2.CC(C)C1CCC2(COC2)NC1. The van der Waals surface area contributed by atoms with Gasteiger partial charge in [-0.15, -0.1) is 0 Å². The summed E-state index contributed by atoms with van der Waals surface area (Å²) in [5.74, 6) is 2.32. The third-order valence-corrected chi connectivity index (χ3v) is 5.94. The van der Waals surface area contributed by atoms with E-state index in [4.69, 9.17) is 9.47 Å². The molecule has 0 saturated carbocycles. The Bertz CT molecular complexity index is 478. The van der Waals surface area contributed by atoms with E-state index < -0.39 is 0 Å². The lowest BCUT2D eigenvalue weighted by Crippen LogP contribution is -2.63. The molecule has 4 aliphatic rings. The number of piperidine rings is 1. The van der Waals surface area contributed by atoms with Crippen LogP contribution in [0, 0.1) is 17.8 Å². The first-order chi connectivity index (χ1) is 11.4. The van der Waals surface area contributed by atoms with Crippen LogP contribution in [0.5, 0.6) is 0 Å². The Morgan fingerprint density at radius 3 is 2.12 bits per heavy atom. The fourth-order valence-corrected chi connectivity index (χ4v) is 3.60. The molecular formula is C20H34N2O2. The summed E-state index contributed by atoms with van der Waals surface area (Å²) in [6, 6.07) is 0. The molecule has 4 aliphatic heterocycles. The van der Waals surface area contributed by atoms with Gasteiger partial charge in [-0.1, -0.05) is 39.8 Å². The molecule has 0 bridgehead atoms. The van der Waals surface area contributed by atoms with Gasteiger partial charge in [-0.2, -0.15) is 0 Å². The summed E-state index contributed by atoms with van der Waals surface area (Å²) in [6.45, 7) is 13.7. The topological polar surface area (TPSA) is 42.5 Å². The Balaban J connectivity index is 0.000000141. The number of hydrogen-bond donors (Lipinski definition) is 2. The van der Waals surface area contributed by atoms with Gasteiger partial charge in [0.15, 0.2) is 0 Å². The summed E-state index contributed by atoms with van der Waals surface area (Å²) < 4.78 is 10.4. The average Bonchev–Trinajstić information content (AvgIpc) is 2.52. The quantitative estimate of drug-likeness (QED) is 0.815. The van der Waals surface area contributed by atoms with Gasteiger partial charge in [-0.25, -0.2) is 0 Å². The van der Waals surface area contributed by atoms with Gasteiger partial charge < -0.3 is 20.1 Å². The second-order valence-corrected chi connectivity index (χ2v) is 8.62. The maximum atomic E-state index is 5.25. The van der Waals surface area contributed by atoms with Crippen molar-refractivity contribution in [2.24, 2.45) is 17.8 Å². The van der Waals surface area contributed by atoms with Crippen LogP contribution in [0.25, 0.3) is 0 Å². The number of ether oxygens (including phenoxy) is 2. The molecule has 0 radical (unpaired) electrons. The van der Waals surface area contributed by atoms with Gasteiger partial charge in [0.25, 0.3) is 0 Å². The van der Waals surface area contributed by atoms with E-state index in [2.05, 4.69) is 56.7 Å². The van der Waals surface area contributed by atoms with Gasteiger partial charge in [-0.05, 0) is 42.7 Å². The van der Waals surface area contributed by atoms with Gasteiger partial charge >= 0.3 is 0 Å². The van der Waals surface area contributed by atoms with Gasteiger partial charge in [0.05, 0.1) is 32.0 Å². The molecule has 0 aromatic heterocycles. The number of allylic oxidation sites excluding steroid dienone is 2. The molecule has 2 spiro atoms. The predicted molar refractivity (Wildman–Crippen MR) is 97.9 cm³/mol. The molecule has 4 heteroatoms. The summed E-state index contributed by atoms with van der Waals surface area (Å²) >= 11 is 0. The van der Waals surface area contributed by atoms with Crippen LogP contribution in [0.4, 0.5) is 0 Å². The molecule has 0 aromatic carbocycles. The van der Waals surface area contributed by atoms with Gasteiger partial charge in [0.1, 0.15) is 5.54 Å². The van der Waals surface area contributed by atoms with E-state index in [9.17, 15) is 0 Å². The predicted octanol–water partition coefficient (Wildman–Crippen LogP) is 2.87. The van der Waals surface area contributed by atoms with E-state index in [1.165, 1.54) is 25.0 Å².